The second-order valence-corrected chi connectivity index (χ2v) is 7.71. The molecule has 1 N–H and O–H groups in total. The minimum absolute atomic E-state index is 0.196. The van der Waals surface area contributed by atoms with E-state index in [2.05, 4.69) is 15.3 Å². The first kappa shape index (κ1) is 23.0. The van der Waals surface area contributed by atoms with E-state index in [4.69, 9.17) is 9.47 Å². The molecule has 2 heterocycles. The third-order valence-electron chi connectivity index (χ3n) is 5.47. The standard InChI is InChI=1S/C26H26N4O4/c1-4-14-30-24-20(6-5-13-27-24)29-23(26(30)32)18-8-10-19(11-9-18)25(31)28-16-17-7-12-21(33-2)22(15-17)34-3/h5-13,15H,4,14,16H2,1-3H3,(H,28,31). The van der Waals surface area contributed by atoms with Crippen LogP contribution in [0.25, 0.3) is 22.4 Å². The van der Waals surface area contributed by atoms with Gasteiger partial charge >= 0.3 is 0 Å². The molecule has 34 heavy (non-hydrogen) atoms. The highest BCUT2D eigenvalue weighted by Gasteiger charge is 2.14. The molecule has 0 saturated carbocycles. The molecule has 8 nitrogen and oxygen atoms in total. The second kappa shape index (κ2) is 10.2. The maximum atomic E-state index is 13.1. The van der Waals surface area contributed by atoms with Crippen molar-refractivity contribution < 1.29 is 14.3 Å². The Bertz CT molecular complexity index is 1380. The van der Waals surface area contributed by atoms with E-state index < -0.39 is 0 Å². The fraction of sp³-hybridized carbons (Fsp3) is 0.231. The molecule has 0 fully saturated rings. The quantitative estimate of drug-likeness (QED) is 0.431. The second-order valence-electron chi connectivity index (χ2n) is 7.71. The van der Waals surface area contributed by atoms with Gasteiger partial charge in [0.25, 0.3) is 11.5 Å². The van der Waals surface area contributed by atoms with Gasteiger partial charge in [0.15, 0.2) is 17.1 Å². The molecule has 0 bridgehead atoms. The largest absolute Gasteiger partial charge is 0.493 e. The van der Waals surface area contributed by atoms with E-state index in [1.54, 1.807) is 61.4 Å². The first-order valence-corrected chi connectivity index (χ1v) is 11.0. The lowest BCUT2D eigenvalue weighted by Crippen LogP contribution is -2.24. The zero-order chi connectivity index (χ0) is 24.1. The van der Waals surface area contributed by atoms with Crippen LogP contribution in [0.4, 0.5) is 0 Å². The Kier molecular flexibility index (Phi) is 6.87. The number of ether oxygens (including phenoxy) is 2. The summed E-state index contributed by atoms with van der Waals surface area (Å²) < 4.78 is 12.2. The Morgan fingerprint density at radius 1 is 1.03 bits per heavy atom. The number of aryl methyl sites for hydroxylation is 1. The molecule has 2 aromatic heterocycles. The number of fused-ring (bicyclic) bond motifs is 1. The van der Waals surface area contributed by atoms with Gasteiger partial charge in [-0.2, -0.15) is 0 Å². The van der Waals surface area contributed by atoms with Crippen molar-refractivity contribution in [3.05, 3.63) is 82.3 Å². The smallest absolute Gasteiger partial charge is 0.278 e. The van der Waals surface area contributed by atoms with E-state index in [1.165, 1.54) is 0 Å². The minimum Gasteiger partial charge on any atom is -0.493 e. The van der Waals surface area contributed by atoms with Crippen LogP contribution in [0, 0.1) is 0 Å². The summed E-state index contributed by atoms with van der Waals surface area (Å²) in [4.78, 5) is 34.7. The summed E-state index contributed by atoms with van der Waals surface area (Å²) >= 11 is 0. The maximum absolute atomic E-state index is 13.1. The van der Waals surface area contributed by atoms with Gasteiger partial charge < -0.3 is 14.8 Å². The number of hydrogen-bond acceptors (Lipinski definition) is 6. The van der Waals surface area contributed by atoms with Gasteiger partial charge in [-0.15, -0.1) is 0 Å². The minimum atomic E-state index is -0.222. The number of benzene rings is 2. The Morgan fingerprint density at radius 2 is 1.79 bits per heavy atom. The fourth-order valence-electron chi connectivity index (χ4n) is 3.75. The highest BCUT2D eigenvalue weighted by molar-refractivity contribution is 5.94. The van der Waals surface area contributed by atoms with Crippen molar-refractivity contribution in [3.63, 3.8) is 0 Å². The topological polar surface area (TPSA) is 95.3 Å². The van der Waals surface area contributed by atoms with Crippen LogP contribution in [0.2, 0.25) is 0 Å². The van der Waals surface area contributed by atoms with Crippen molar-refractivity contribution in [2.45, 2.75) is 26.4 Å². The lowest BCUT2D eigenvalue weighted by Gasteiger charge is -2.11. The van der Waals surface area contributed by atoms with E-state index in [1.807, 2.05) is 25.1 Å². The Balaban J connectivity index is 1.54. The predicted octanol–water partition coefficient (Wildman–Crippen LogP) is 3.82. The molecule has 0 atom stereocenters. The monoisotopic (exact) mass is 458 g/mol. The molecule has 2 aromatic carbocycles. The van der Waals surface area contributed by atoms with Crippen LogP contribution in [0.5, 0.6) is 11.5 Å². The first-order valence-electron chi connectivity index (χ1n) is 11.0. The van der Waals surface area contributed by atoms with Gasteiger partial charge in [-0.1, -0.05) is 25.1 Å². The van der Waals surface area contributed by atoms with E-state index in [9.17, 15) is 9.59 Å². The first-order chi connectivity index (χ1) is 16.5. The summed E-state index contributed by atoms with van der Waals surface area (Å²) in [6.07, 6.45) is 2.46. The number of pyridine rings is 1. The highest BCUT2D eigenvalue weighted by Crippen LogP contribution is 2.27. The predicted molar refractivity (Wildman–Crippen MR) is 130 cm³/mol. The average molecular weight is 459 g/mol. The molecular weight excluding hydrogens is 432 g/mol. The molecule has 0 unspecified atom stereocenters. The average Bonchev–Trinajstić information content (AvgIpc) is 2.88. The van der Waals surface area contributed by atoms with Crippen LogP contribution < -0.4 is 20.3 Å². The summed E-state index contributed by atoms with van der Waals surface area (Å²) in [5, 5.41) is 2.90. The van der Waals surface area contributed by atoms with Gasteiger partial charge in [0.2, 0.25) is 0 Å². The zero-order valence-electron chi connectivity index (χ0n) is 19.4. The van der Waals surface area contributed by atoms with Gasteiger partial charge in [0, 0.05) is 30.4 Å². The number of carbonyl (C=O) groups excluding carboxylic acids is 1. The molecule has 0 aliphatic rings. The lowest BCUT2D eigenvalue weighted by molar-refractivity contribution is 0.0951. The molecule has 8 heteroatoms. The van der Waals surface area contributed by atoms with Crippen LogP contribution in [-0.4, -0.2) is 34.7 Å². The van der Waals surface area contributed by atoms with E-state index >= 15 is 0 Å². The van der Waals surface area contributed by atoms with Crippen molar-refractivity contribution in [2.75, 3.05) is 14.2 Å². The molecule has 0 aliphatic carbocycles. The van der Waals surface area contributed by atoms with Crippen LogP contribution in [0.3, 0.4) is 0 Å². The van der Waals surface area contributed by atoms with Gasteiger partial charge in [0.05, 0.1) is 14.2 Å². The lowest BCUT2D eigenvalue weighted by atomic mass is 10.1. The van der Waals surface area contributed by atoms with Gasteiger partial charge in [-0.05, 0) is 48.4 Å². The summed E-state index contributed by atoms with van der Waals surface area (Å²) in [5.41, 5.74) is 3.39. The third-order valence-corrected chi connectivity index (χ3v) is 5.47. The van der Waals surface area contributed by atoms with Crippen molar-refractivity contribution in [1.82, 2.24) is 19.9 Å². The molecular formula is C26H26N4O4. The molecule has 4 rings (SSSR count). The number of carbonyl (C=O) groups is 1. The third kappa shape index (κ3) is 4.61. The van der Waals surface area contributed by atoms with Crippen LogP contribution in [0.1, 0.15) is 29.3 Å². The summed E-state index contributed by atoms with van der Waals surface area (Å²) in [6, 6.07) is 16.0. The van der Waals surface area contributed by atoms with E-state index in [0.29, 0.717) is 52.6 Å². The fourth-order valence-corrected chi connectivity index (χ4v) is 3.75. The van der Waals surface area contributed by atoms with Crippen molar-refractivity contribution >= 4 is 17.1 Å². The van der Waals surface area contributed by atoms with E-state index in [-0.39, 0.29) is 11.5 Å². The summed E-state index contributed by atoms with van der Waals surface area (Å²) in [6.45, 7) is 2.90. The number of nitrogens with one attached hydrogen (secondary N) is 1. The number of methoxy groups -OCH3 is 2. The molecule has 0 spiro atoms. The van der Waals surface area contributed by atoms with Crippen LogP contribution in [0.15, 0.2) is 65.6 Å². The molecule has 1 amide bonds. The number of nitrogens with zero attached hydrogens (tertiary/aromatic N) is 3. The maximum Gasteiger partial charge on any atom is 0.278 e. The van der Waals surface area contributed by atoms with E-state index in [0.717, 1.165) is 12.0 Å². The SMILES string of the molecule is CCCn1c(=O)c(-c2ccc(C(=O)NCc3ccc(OC)c(OC)c3)cc2)nc2cccnc21. The highest BCUT2D eigenvalue weighted by atomic mass is 16.5. The normalized spacial score (nSPS) is 10.8. The molecule has 174 valence electrons. The number of hydrogen-bond donors (Lipinski definition) is 1. The zero-order valence-corrected chi connectivity index (χ0v) is 19.4. The number of rotatable bonds is 8. The van der Waals surface area contributed by atoms with Crippen molar-refractivity contribution in [2.24, 2.45) is 0 Å². The van der Waals surface area contributed by atoms with Crippen LogP contribution >= 0.6 is 0 Å². The van der Waals surface area contributed by atoms with Gasteiger partial charge in [0.1, 0.15) is 11.2 Å². The Hall–Kier alpha value is -4.20. The van der Waals surface area contributed by atoms with Crippen molar-refractivity contribution in [1.29, 1.82) is 0 Å². The molecule has 4 aromatic rings. The number of amides is 1. The van der Waals surface area contributed by atoms with Gasteiger partial charge in [-0.3, -0.25) is 14.2 Å². The van der Waals surface area contributed by atoms with Crippen LogP contribution in [-0.2, 0) is 13.1 Å². The Labute approximate surface area is 197 Å². The molecule has 0 aliphatic heterocycles. The Morgan fingerprint density at radius 3 is 2.50 bits per heavy atom. The summed E-state index contributed by atoms with van der Waals surface area (Å²) in [5.74, 6) is 1.01. The molecule has 0 saturated heterocycles. The van der Waals surface area contributed by atoms with Crippen molar-refractivity contribution in [3.8, 4) is 22.8 Å². The molecule has 0 radical (unpaired) electrons. The number of aromatic nitrogens is 3. The van der Waals surface area contributed by atoms with Gasteiger partial charge in [-0.25, -0.2) is 9.97 Å². The summed E-state index contributed by atoms with van der Waals surface area (Å²) in [7, 11) is 3.14.